The molecule has 0 spiro atoms. The molecule has 0 aromatic heterocycles. The first-order valence-electron chi connectivity index (χ1n) is 4.25. The summed E-state index contributed by atoms with van der Waals surface area (Å²) in [4.78, 5) is 11.0. The maximum Gasteiger partial charge on any atom is 0.334 e. The predicted octanol–water partition coefficient (Wildman–Crippen LogP) is 1.49. The Hall–Kier alpha value is -0.990. The lowest BCUT2D eigenvalue weighted by molar-refractivity contribution is -0.137. The molecule has 1 aliphatic rings. The maximum absolute atomic E-state index is 11.0. The molecule has 1 fully saturated rings. The summed E-state index contributed by atoms with van der Waals surface area (Å²) in [5.41, 5.74) is 0. The third kappa shape index (κ3) is 2.26. The zero-order valence-electron chi connectivity index (χ0n) is 7.50. The van der Waals surface area contributed by atoms with Crippen molar-refractivity contribution in [1.82, 2.24) is 0 Å². The topological polar surface area (TPSA) is 35.5 Å². The molecule has 0 aromatic rings. The van der Waals surface area contributed by atoms with Gasteiger partial charge in [0.15, 0.2) is 0 Å². The monoisotopic (exact) mass is 170 g/mol. The Kier molecular flexibility index (Phi) is 3.14. The summed E-state index contributed by atoms with van der Waals surface area (Å²) in [6.45, 7) is 4.96. The Labute approximate surface area is 72.4 Å². The number of hydrogen-bond acceptors (Lipinski definition) is 3. The van der Waals surface area contributed by atoms with E-state index in [1.54, 1.807) is 6.92 Å². The van der Waals surface area contributed by atoms with Gasteiger partial charge in [0.1, 0.15) is 5.76 Å². The highest BCUT2D eigenvalue weighted by Crippen LogP contribution is 2.23. The van der Waals surface area contributed by atoms with Gasteiger partial charge in [-0.25, -0.2) is 4.79 Å². The Morgan fingerprint density at radius 2 is 2.58 bits per heavy atom. The van der Waals surface area contributed by atoms with E-state index in [4.69, 9.17) is 9.47 Å². The number of carbonyl (C=O) groups excluding carboxylic acids is 1. The lowest BCUT2D eigenvalue weighted by Crippen LogP contribution is -2.02. The van der Waals surface area contributed by atoms with E-state index in [1.165, 1.54) is 6.08 Å². The van der Waals surface area contributed by atoms with Crippen LogP contribution in [0.1, 0.15) is 20.3 Å². The molecule has 3 heteroatoms. The van der Waals surface area contributed by atoms with Crippen LogP contribution in [0.15, 0.2) is 11.8 Å². The van der Waals surface area contributed by atoms with E-state index < -0.39 is 0 Å². The fraction of sp³-hybridized carbons (Fsp3) is 0.667. The van der Waals surface area contributed by atoms with Gasteiger partial charge < -0.3 is 9.47 Å². The first kappa shape index (κ1) is 9.10. The van der Waals surface area contributed by atoms with Crippen LogP contribution in [-0.2, 0) is 14.3 Å². The summed E-state index contributed by atoms with van der Waals surface area (Å²) < 4.78 is 10.00. The smallest absolute Gasteiger partial charge is 0.334 e. The van der Waals surface area contributed by atoms with Crippen molar-refractivity contribution >= 4 is 5.97 Å². The fourth-order valence-corrected chi connectivity index (χ4v) is 1.12. The third-order valence-electron chi connectivity index (χ3n) is 1.85. The minimum atomic E-state index is -0.304. The molecule has 1 atom stereocenters. The van der Waals surface area contributed by atoms with Crippen molar-refractivity contribution in [2.45, 2.75) is 20.3 Å². The van der Waals surface area contributed by atoms with Crippen LogP contribution in [0.5, 0.6) is 0 Å². The van der Waals surface area contributed by atoms with Crippen molar-refractivity contribution in [3.8, 4) is 0 Å². The lowest BCUT2D eigenvalue weighted by Gasteiger charge is -2.02. The first-order valence-corrected chi connectivity index (χ1v) is 4.25. The Balaban J connectivity index is 2.49. The van der Waals surface area contributed by atoms with Gasteiger partial charge in [0.2, 0.25) is 0 Å². The molecule has 0 bridgehead atoms. The minimum absolute atomic E-state index is 0.304. The van der Waals surface area contributed by atoms with Crippen LogP contribution in [0.3, 0.4) is 0 Å². The van der Waals surface area contributed by atoms with Gasteiger partial charge >= 0.3 is 5.97 Å². The molecule has 0 amide bonds. The third-order valence-corrected chi connectivity index (χ3v) is 1.85. The molecular formula is C9H14O3. The van der Waals surface area contributed by atoms with Crippen LogP contribution < -0.4 is 0 Å². The Morgan fingerprint density at radius 3 is 3.08 bits per heavy atom. The lowest BCUT2D eigenvalue weighted by atomic mass is 10.1. The van der Waals surface area contributed by atoms with E-state index in [2.05, 4.69) is 0 Å². The predicted molar refractivity (Wildman–Crippen MR) is 44.4 cm³/mol. The van der Waals surface area contributed by atoms with Gasteiger partial charge in [0.05, 0.1) is 19.3 Å². The molecule has 0 radical (unpaired) electrons. The quantitative estimate of drug-likeness (QED) is 0.465. The fourth-order valence-electron chi connectivity index (χ4n) is 1.12. The number of allylic oxidation sites excluding steroid dienone is 1. The van der Waals surface area contributed by atoms with E-state index in [-0.39, 0.29) is 5.97 Å². The van der Waals surface area contributed by atoms with Gasteiger partial charge in [-0.2, -0.15) is 0 Å². The summed E-state index contributed by atoms with van der Waals surface area (Å²) in [5, 5.41) is 0. The molecule has 0 N–H and O–H groups in total. The molecule has 68 valence electrons. The molecule has 1 heterocycles. The number of carbonyl (C=O) groups is 1. The van der Waals surface area contributed by atoms with Crippen LogP contribution in [0.2, 0.25) is 0 Å². The molecular weight excluding hydrogens is 156 g/mol. The summed E-state index contributed by atoms with van der Waals surface area (Å²) in [6.07, 6.45) is 2.44. The molecule has 3 nitrogen and oxygen atoms in total. The Bertz CT molecular complexity index is 196. The van der Waals surface area contributed by atoms with Gasteiger partial charge in [-0.15, -0.1) is 0 Å². The molecule has 0 aromatic carbocycles. The second-order valence-electron chi connectivity index (χ2n) is 2.84. The summed E-state index contributed by atoms with van der Waals surface area (Å²) >= 11 is 0. The number of rotatable bonds is 2. The molecule has 0 saturated carbocycles. The van der Waals surface area contributed by atoms with E-state index in [0.717, 1.165) is 12.2 Å². The van der Waals surface area contributed by atoms with Gasteiger partial charge in [-0.3, -0.25) is 0 Å². The highest BCUT2D eigenvalue weighted by molar-refractivity contribution is 5.82. The molecule has 1 aliphatic heterocycles. The minimum Gasteiger partial charge on any atom is -0.497 e. The standard InChI is InChI=1S/C9H14O3/c1-3-11-9(10)6-8-7(2)4-5-12-8/h6-7H,3-5H2,1-2H3/b8-6+. The maximum atomic E-state index is 11.0. The van der Waals surface area contributed by atoms with E-state index in [9.17, 15) is 4.79 Å². The average molecular weight is 170 g/mol. The SMILES string of the molecule is CCOC(=O)/C=C1/OCCC1C. The van der Waals surface area contributed by atoms with Crippen LogP contribution in [0.25, 0.3) is 0 Å². The highest BCUT2D eigenvalue weighted by Gasteiger charge is 2.18. The molecule has 12 heavy (non-hydrogen) atoms. The van der Waals surface area contributed by atoms with E-state index in [0.29, 0.717) is 19.1 Å². The number of esters is 1. The first-order chi connectivity index (χ1) is 5.74. The van der Waals surface area contributed by atoms with Crippen LogP contribution >= 0.6 is 0 Å². The van der Waals surface area contributed by atoms with Gasteiger partial charge in [-0.1, -0.05) is 6.92 Å². The average Bonchev–Trinajstić information content (AvgIpc) is 2.37. The van der Waals surface area contributed by atoms with Gasteiger partial charge in [0, 0.05) is 5.92 Å². The highest BCUT2D eigenvalue weighted by atomic mass is 16.5. The number of hydrogen-bond donors (Lipinski definition) is 0. The largest absolute Gasteiger partial charge is 0.497 e. The molecule has 0 aliphatic carbocycles. The molecule has 1 unspecified atom stereocenters. The van der Waals surface area contributed by atoms with Gasteiger partial charge in [-0.05, 0) is 13.3 Å². The summed E-state index contributed by atoms with van der Waals surface area (Å²) in [6, 6.07) is 0. The molecule has 1 saturated heterocycles. The van der Waals surface area contributed by atoms with Crippen LogP contribution in [0.4, 0.5) is 0 Å². The zero-order valence-corrected chi connectivity index (χ0v) is 7.50. The van der Waals surface area contributed by atoms with Crippen molar-refractivity contribution in [3.05, 3.63) is 11.8 Å². The second kappa shape index (κ2) is 4.14. The summed E-state index contributed by atoms with van der Waals surface area (Å²) in [5.74, 6) is 0.809. The van der Waals surface area contributed by atoms with Crippen molar-refractivity contribution in [2.75, 3.05) is 13.2 Å². The molecule has 1 rings (SSSR count). The second-order valence-corrected chi connectivity index (χ2v) is 2.84. The van der Waals surface area contributed by atoms with Crippen molar-refractivity contribution in [3.63, 3.8) is 0 Å². The van der Waals surface area contributed by atoms with E-state index in [1.807, 2.05) is 6.92 Å². The van der Waals surface area contributed by atoms with Crippen molar-refractivity contribution in [2.24, 2.45) is 5.92 Å². The van der Waals surface area contributed by atoms with Crippen LogP contribution in [0, 0.1) is 5.92 Å². The number of ether oxygens (including phenoxy) is 2. The summed E-state index contributed by atoms with van der Waals surface area (Å²) in [7, 11) is 0. The normalized spacial score (nSPS) is 25.5. The van der Waals surface area contributed by atoms with Gasteiger partial charge in [0.25, 0.3) is 0 Å². The van der Waals surface area contributed by atoms with Crippen molar-refractivity contribution < 1.29 is 14.3 Å². The zero-order chi connectivity index (χ0) is 8.97. The van der Waals surface area contributed by atoms with Crippen LogP contribution in [-0.4, -0.2) is 19.2 Å². The Morgan fingerprint density at radius 1 is 1.83 bits per heavy atom. The van der Waals surface area contributed by atoms with Crippen molar-refractivity contribution in [1.29, 1.82) is 0 Å². The van der Waals surface area contributed by atoms with E-state index >= 15 is 0 Å².